The third-order valence-corrected chi connectivity index (χ3v) is 4.31. The fourth-order valence-electron chi connectivity index (χ4n) is 2.96. The van der Waals surface area contributed by atoms with E-state index in [1.54, 1.807) is 18.3 Å². The number of pyridine rings is 2. The van der Waals surface area contributed by atoms with Crippen molar-refractivity contribution in [2.24, 2.45) is 12.8 Å². The summed E-state index contributed by atoms with van der Waals surface area (Å²) in [4.78, 5) is 19.9. The highest BCUT2D eigenvalue weighted by atomic mass is 16.5. The number of anilines is 1. The van der Waals surface area contributed by atoms with Gasteiger partial charge in [-0.1, -0.05) is 6.07 Å². The van der Waals surface area contributed by atoms with Gasteiger partial charge in [-0.05, 0) is 18.2 Å². The average molecular weight is 339 g/mol. The van der Waals surface area contributed by atoms with E-state index in [4.69, 9.17) is 10.5 Å². The van der Waals surface area contributed by atoms with Crippen LogP contribution in [0, 0.1) is 0 Å². The minimum Gasteiger partial charge on any atom is -0.379 e. The molecule has 0 bridgehead atoms. The molecule has 1 aliphatic rings. The van der Waals surface area contributed by atoms with Crippen molar-refractivity contribution in [1.29, 1.82) is 0 Å². The topological polar surface area (TPSA) is 115 Å². The van der Waals surface area contributed by atoms with Gasteiger partial charge in [0.1, 0.15) is 5.82 Å². The first-order valence-electron chi connectivity index (χ1n) is 7.76. The predicted octanol–water partition coefficient (Wildman–Crippen LogP) is 1.34. The smallest absolute Gasteiger partial charge is 0.317 e. The molecule has 1 aliphatic heterocycles. The minimum absolute atomic E-state index is 0.246. The SMILES string of the molecule is Cn1cc(-c2cccc(C3(O)COC3)n2)c2cc(NC(N)=O)ncc21. The van der Waals surface area contributed by atoms with Crippen molar-refractivity contribution >= 4 is 22.8 Å². The van der Waals surface area contributed by atoms with Crippen LogP contribution in [0.1, 0.15) is 5.69 Å². The largest absolute Gasteiger partial charge is 0.379 e. The molecule has 0 radical (unpaired) electrons. The van der Waals surface area contributed by atoms with Crippen LogP contribution in [0.25, 0.3) is 22.2 Å². The van der Waals surface area contributed by atoms with Crippen molar-refractivity contribution in [2.75, 3.05) is 18.5 Å². The summed E-state index contributed by atoms with van der Waals surface area (Å²) in [6, 6.07) is 6.61. The zero-order valence-electron chi connectivity index (χ0n) is 13.6. The van der Waals surface area contributed by atoms with Crippen LogP contribution in [0.2, 0.25) is 0 Å². The number of nitrogens with one attached hydrogen (secondary N) is 1. The lowest BCUT2D eigenvalue weighted by Crippen LogP contribution is -2.47. The number of aromatic nitrogens is 3. The molecule has 128 valence electrons. The van der Waals surface area contributed by atoms with Gasteiger partial charge in [0.2, 0.25) is 0 Å². The number of ether oxygens (including phenoxy) is 1. The molecule has 4 rings (SSSR count). The molecule has 2 amide bonds. The predicted molar refractivity (Wildman–Crippen MR) is 91.9 cm³/mol. The molecule has 0 atom stereocenters. The first-order chi connectivity index (χ1) is 12.0. The van der Waals surface area contributed by atoms with Crippen LogP contribution in [-0.2, 0) is 17.4 Å². The second-order valence-corrected chi connectivity index (χ2v) is 6.16. The van der Waals surface area contributed by atoms with Gasteiger partial charge in [-0.3, -0.25) is 5.32 Å². The van der Waals surface area contributed by atoms with Crippen molar-refractivity contribution < 1.29 is 14.6 Å². The van der Waals surface area contributed by atoms with Gasteiger partial charge in [0.15, 0.2) is 5.60 Å². The molecule has 0 saturated carbocycles. The maximum absolute atomic E-state index is 11.1. The summed E-state index contributed by atoms with van der Waals surface area (Å²) in [5.41, 5.74) is 7.21. The van der Waals surface area contributed by atoms with Gasteiger partial charge in [-0.25, -0.2) is 14.8 Å². The molecule has 0 spiro atoms. The highest BCUT2D eigenvalue weighted by Crippen LogP contribution is 2.33. The Bertz CT molecular complexity index is 978. The Labute approximate surface area is 143 Å². The number of rotatable bonds is 3. The highest BCUT2D eigenvalue weighted by molar-refractivity contribution is 5.98. The van der Waals surface area contributed by atoms with E-state index in [2.05, 4.69) is 15.3 Å². The molecule has 1 saturated heterocycles. The molecular weight excluding hydrogens is 322 g/mol. The standard InChI is InChI=1S/C17H17N5O3/c1-22-7-11(10-5-15(21-16(18)23)19-6-13(10)22)12-3-2-4-14(20-12)17(24)8-25-9-17/h2-7,24H,8-9H2,1H3,(H3,18,19,21,23). The number of hydrogen-bond donors (Lipinski definition) is 3. The lowest BCUT2D eigenvalue weighted by molar-refractivity contribution is -0.186. The Hall–Kier alpha value is -2.97. The Balaban J connectivity index is 1.83. The maximum Gasteiger partial charge on any atom is 0.317 e. The molecule has 25 heavy (non-hydrogen) atoms. The number of nitrogens with zero attached hydrogens (tertiary/aromatic N) is 3. The van der Waals surface area contributed by atoms with Crippen LogP contribution in [-0.4, -0.2) is 38.9 Å². The molecule has 8 nitrogen and oxygen atoms in total. The number of aliphatic hydroxyl groups is 1. The molecule has 4 heterocycles. The van der Waals surface area contributed by atoms with Crippen LogP contribution >= 0.6 is 0 Å². The first-order valence-corrected chi connectivity index (χ1v) is 7.76. The molecule has 8 heteroatoms. The lowest BCUT2D eigenvalue weighted by atomic mass is 9.96. The average Bonchev–Trinajstić information content (AvgIpc) is 2.89. The molecule has 0 aliphatic carbocycles. The van der Waals surface area contributed by atoms with Gasteiger partial charge in [0, 0.05) is 24.2 Å². The monoisotopic (exact) mass is 339 g/mol. The quantitative estimate of drug-likeness (QED) is 0.666. The zero-order valence-corrected chi connectivity index (χ0v) is 13.6. The molecular formula is C17H17N5O3. The fraction of sp³-hybridized carbons (Fsp3) is 0.235. The summed E-state index contributed by atoms with van der Waals surface area (Å²) in [5, 5.41) is 13.8. The van der Waals surface area contributed by atoms with Crippen LogP contribution in [0.5, 0.6) is 0 Å². The van der Waals surface area contributed by atoms with Crippen molar-refractivity contribution in [3.05, 3.63) is 42.4 Å². The van der Waals surface area contributed by atoms with Crippen LogP contribution in [0.15, 0.2) is 36.7 Å². The molecule has 4 N–H and O–H groups in total. The van der Waals surface area contributed by atoms with E-state index in [1.807, 2.05) is 29.9 Å². The van der Waals surface area contributed by atoms with E-state index in [1.165, 1.54) is 0 Å². The van der Waals surface area contributed by atoms with Gasteiger partial charge >= 0.3 is 6.03 Å². The summed E-state index contributed by atoms with van der Waals surface area (Å²) in [7, 11) is 1.91. The maximum atomic E-state index is 11.1. The number of carbonyl (C=O) groups is 1. The number of urea groups is 1. The van der Waals surface area contributed by atoms with Gasteiger partial charge < -0.3 is 20.1 Å². The van der Waals surface area contributed by atoms with Gasteiger partial charge in [-0.15, -0.1) is 0 Å². The van der Waals surface area contributed by atoms with E-state index in [0.29, 0.717) is 11.5 Å². The molecule has 3 aromatic rings. The zero-order chi connectivity index (χ0) is 17.6. The van der Waals surface area contributed by atoms with Crippen LogP contribution in [0.3, 0.4) is 0 Å². The Kier molecular flexibility index (Phi) is 3.45. The molecule has 0 aromatic carbocycles. The molecule has 1 fully saturated rings. The van der Waals surface area contributed by atoms with E-state index in [-0.39, 0.29) is 13.2 Å². The van der Waals surface area contributed by atoms with E-state index < -0.39 is 11.6 Å². The number of aryl methyl sites for hydroxylation is 1. The highest BCUT2D eigenvalue weighted by Gasteiger charge is 2.39. The van der Waals surface area contributed by atoms with E-state index in [9.17, 15) is 9.90 Å². The summed E-state index contributed by atoms with van der Waals surface area (Å²) in [6.07, 6.45) is 3.61. The number of hydrogen-bond acceptors (Lipinski definition) is 5. The first kappa shape index (κ1) is 15.6. The third-order valence-electron chi connectivity index (χ3n) is 4.31. The van der Waals surface area contributed by atoms with Gasteiger partial charge in [0.05, 0.1) is 36.3 Å². The van der Waals surface area contributed by atoms with Gasteiger partial charge in [-0.2, -0.15) is 0 Å². The summed E-state index contributed by atoms with van der Waals surface area (Å²) < 4.78 is 7.04. The van der Waals surface area contributed by atoms with Crippen molar-refractivity contribution in [3.63, 3.8) is 0 Å². The number of carbonyl (C=O) groups excluding carboxylic acids is 1. The normalized spacial score (nSPS) is 15.8. The van der Waals surface area contributed by atoms with E-state index >= 15 is 0 Å². The summed E-state index contributed by atoms with van der Waals surface area (Å²) in [6.45, 7) is 0.491. The van der Waals surface area contributed by atoms with Crippen molar-refractivity contribution in [1.82, 2.24) is 14.5 Å². The number of amides is 2. The minimum atomic E-state index is -1.03. The number of fused-ring (bicyclic) bond motifs is 1. The summed E-state index contributed by atoms with van der Waals surface area (Å²) >= 11 is 0. The Morgan fingerprint density at radius 1 is 1.44 bits per heavy atom. The van der Waals surface area contributed by atoms with Crippen LogP contribution in [0.4, 0.5) is 10.6 Å². The Morgan fingerprint density at radius 3 is 2.92 bits per heavy atom. The third kappa shape index (κ3) is 2.61. The van der Waals surface area contributed by atoms with Crippen LogP contribution < -0.4 is 11.1 Å². The molecule has 3 aromatic heterocycles. The number of nitrogens with two attached hydrogens (primary N) is 1. The summed E-state index contributed by atoms with van der Waals surface area (Å²) in [5.74, 6) is 0.370. The second kappa shape index (κ2) is 5.54. The second-order valence-electron chi connectivity index (χ2n) is 6.16. The fourth-order valence-corrected chi connectivity index (χ4v) is 2.96. The van der Waals surface area contributed by atoms with Gasteiger partial charge in [0.25, 0.3) is 0 Å². The van der Waals surface area contributed by atoms with Crippen molar-refractivity contribution in [2.45, 2.75) is 5.60 Å². The number of primary amides is 1. The Morgan fingerprint density at radius 2 is 2.24 bits per heavy atom. The van der Waals surface area contributed by atoms with Crippen molar-refractivity contribution in [3.8, 4) is 11.3 Å². The lowest BCUT2D eigenvalue weighted by Gasteiger charge is -2.35. The van der Waals surface area contributed by atoms with E-state index in [0.717, 1.165) is 22.2 Å². The molecule has 0 unspecified atom stereocenters.